The van der Waals surface area contributed by atoms with Crippen LogP contribution in [0.2, 0.25) is 0 Å². The number of aromatic nitrogens is 2. The summed E-state index contributed by atoms with van der Waals surface area (Å²) in [7, 11) is 3.62. The molecule has 5 heteroatoms. The van der Waals surface area contributed by atoms with E-state index in [1.807, 2.05) is 25.2 Å². The molecular formula is C16H23N3O2. The molecule has 2 aromatic rings. The Hall–Kier alpha value is -1.72. The number of benzene rings is 1. The maximum absolute atomic E-state index is 5.44. The van der Waals surface area contributed by atoms with E-state index in [1.165, 1.54) is 5.56 Å². The van der Waals surface area contributed by atoms with Crippen LogP contribution in [0.3, 0.4) is 0 Å². The Balaban J connectivity index is 2.24. The number of rotatable bonds is 8. The lowest BCUT2D eigenvalue weighted by molar-refractivity contribution is 0.0854. The van der Waals surface area contributed by atoms with Crippen LogP contribution in [0.15, 0.2) is 28.8 Å². The average Bonchev–Trinajstić information content (AvgIpc) is 3.00. The van der Waals surface area contributed by atoms with Gasteiger partial charge in [-0.2, -0.15) is 4.98 Å². The van der Waals surface area contributed by atoms with Gasteiger partial charge in [-0.05, 0) is 38.1 Å². The second-order valence-electron chi connectivity index (χ2n) is 4.98. The van der Waals surface area contributed by atoms with Crippen LogP contribution in [0.5, 0.6) is 0 Å². The van der Waals surface area contributed by atoms with Crippen molar-refractivity contribution in [2.24, 2.45) is 0 Å². The van der Waals surface area contributed by atoms with Crippen LogP contribution in [-0.2, 0) is 11.2 Å². The predicted octanol–water partition coefficient (Wildman–Crippen LogP) is 2.99. The Kier molecular flexibility index (Phi) is 5.90. The molecule has 0 fully saturated rings. The molecule has 0 saturated heterocycles. The average molecular weight is 289 g/mol. The van der Waals surface area contributed by atoms with Crippen molar-refractivity contribution in [2.75, 3.05) is 20.7 Å². The van der Waals surface area contributed by atoms with Crippen LogP contribution in [0.4, 0.5) is 0 Å². The van der Waals surface area contributed by atoms with Gasteiger partial charge in [0.2, 0.25) is 5.82 Å². The zero-order valence-corrected chi connectivity index (χ0v) is 12.9. The molecule has 114 valence electrons. The highest BCUT2D eigenvalue weighted by molar-refractivity contribution is 5.58. The van der Waals surface area contributed by atoms with Crippen LogP contribution in [0, 0.1) is 0 Å². The summed E-state index contributed by atoms with van der Waals surface area (Å²) in [6.07, 6.45) is 2.72. The first-order chi connectivity index (χ1) is 10.3. The van der Waals surface area contributed by atoms with Crippen molar-refractivity contribution in [1.82, 2.24) is 15.5 Å². The summed E-state index contributed by atoms with van der Waals surface area (Å²) >= 11 is 0. The minimum atomic E-state index is -0.100. The second kappa shape index (κ2) is 7.90. The van der Waals surface area contributed by atoms with Crippen molar-refractivity contribution < 1.29 is 9.26 Å². The molecule has 1 heterocycles. The third-order valence-corrected chi connectivity index (χ3v) is 3.46. The van der Waals surface area contributed by atoms with Crippen molar-refractivity contribution in [2.45, 2.75) is 32.3 Å². The fourth-order valence-corrected chi connectivity index (χ4v) is 2.30. The number of methoxy groups -OCH3 is 1. The lowest BCUT2D eigenvalue weighted by atomic mass is 10.0. The van der Waals surface area contributed by atoms with Crippen LogP contribution >= 0.6 is 0 Å². The Morgan fingerprint density at radius 2 is 2.14 bits per heavy atom. The SMILES string of the molecule is CCCC(OC)c1noc(-c2ccccc2CCNC)n1. The summed E-state index contributed by atoms with van der Waals surface area (Å²) in [5.74, 6) is 1.19. The number of hydrogen-bond donors (Lipinski definition) is 1. The lowest BCUT2D eigenvalue weighted by Crippen LogP contribution is -2.10. The van der Waals surface area contributed by atoms with Crippen molar-refractivity contribution in [3.63, 3.8) is 0 Å². The fraction of sp³-hybridized carbons (Fsp3) is 0.500. The molecule has 21 heavy (non-hydrogen) atoms. The van der Waals surface area contributed by atoms with Gasteiger partial charge in [0.05, 0.1) is 0 Å². The van der Waals surface area contributed by atoms with Crippen molar-refractivity contribution in [1.29, 1.82) is 0 Å². The predicted molar refractivity (Wildman–Crippen MR) is 82.0 cm³/mol. The van der Waals surface area contributed by atoms with Crippen LogP contribution in [0.25, 0.3) is 11.5 Å². The topological polar surface area (TPSA) is 60.2 Å². The summed E-state index contributed by atoms with van der Waals surface area (Å²) in [4.78, 5) is 4.52. The van der Waals surface area contributed by atoms with Gasteiger partial charge in [-0.15, -0.1) is 0 Å². The van der Waals surface area contributed by atoms with Crippen LogP contribution in [-0.4, -0.2) is 30.8 Å². The highest BCUT2D eigenvalue weighted by Crippen LogP contribution is 2.26. The van der Waals surface area contributed by atoms with Crippen molar-refractivity contribution in [3.05, 3.63) is 35.7 Å². The van der Waals surface area contributed by atoms with Gasteiger partial charge in [0, 0.05) is 12.7 Å². The molecule has 0 radical (unpaired) electrons. The molecule has 0 bridgehead atoms. The molecule has 2 rings (SSSR count). The highest BCUT2D eigenvalue weighted by atomic mass is 16.5. The van der Waals surface area contributed by atoms with Crippen LogP contribution < -0.4 is 5.32 Å². The van der Waals surface area contributed by atoms with E-state index in [0.29, 0.717) is 11.7 Å². The lowest BCUT2D eigenvalue weighted by Gasteiger charge is -2.08. The van der Waals surface area contributed by atoms with Gasteiger partial charge in [-0.25, -0.2) is 0 Å². The maximum Gasteiger partial charge on any atom is 0.258 e. The largest absolute Gasteiger partial charge is 0.373 e. The zero-order chi connectivity index (χ0) is 15.1. The summed E-state index contributed by atoms with van der Waals surface area (Å²) in [6.45, 7) is 3.02. The Morgan fingerprint density at radius 1 is 1.33 bits per heavy atom. The molecule has 0 aliphatic rings. The molecule has 1 atom stereocenters. The molecule has 0 aliphatic carbocycles. The Morgan fingerprint density at radius 3 is 2.86 bits per heavy atom. The Labute approximate surface area is 125 Å². The molecule has 1 unspecified atom stereocenters. The number of ether oxygens (including phenoxy) is 1. The molecule has 1 N–H and O–H groups in total. The van der Waals surface area contributed by atoms with Gasteiger partial charge >= 0.3 is 0 Å². The number of hydrogen-bond acceptors (Lipinski definition) is 5. The van der Waals surface area contributed by atoms with E-state index in [4.69, 9.17) is 9.26 Å². The number of nitrogens with one attached hydrogen (secondary N) is 1. The van der Waals surface area contributed by atoms with E-state index in [1.54, 1.807) is 7.11 Å². The first-order valence-electron chi connectivity index (χ1n) is 7.39. The molecule has 1 aromatic carbocycles. The van der Waals surface area contributed by atoms with Gasteiger partial charge in [0.15, 0.2) is 0 Å². The van der Waals surface area contributed by atoms with Gasteiger partial charge in [0.1, 0.15) is 6.10 Å². The summed E-state index contributed by atoms with van der Waals surface area (Å²) in [6, 6.07) is 8.13. The molecular weight excluding hydrogens is 266 g/mol. The maximum atomic E-state index is 5.44. The molecule has 0 amide bonds. The van der Waals surface area contributed by atoms with Gasteiger partial charge in [0.25, 0.3) is 5.89 Å². The van der Waals surface area contributed by atoms with Gasteiger partial charge in [-0.1, -0.05) is 36.7 Å². The van der Waals surface area contributed by atoms with E-state index in [9.17, 15) is 0 Å². The monoisotopic (exact) mass is 289 g/mol. The third kappa shape index (κ3) is 3.89. The second-order valence-corrected chi connectivity index (χ2v) is 4.98. The van der Waals surface area contributed by atoms with Gasteiger partial charge < -0.3 is 14.6 Å². The highest BCUT2D eigenvalue weighted by Gasteiger charge is 2.18. The first-order valence-corrected chi connectivity index (χ1v) is 7.39. The normalized spacial score (nSPS) is 12.5. The molecule has 1 aromatic heterocycles. The summed E-state index contributed by atoms with van der Waals surface area (Å²) in [5.41, 5.74) is 2.20. The van der Waals surface area contributed by atoms with Crippen molar-refractivity contribution >= 4 is 0 Å². The number of nitrogens with zero attached hydrogens (tertiary/aromatic N) is 2. The summed E-state index contributed by atoms with van der Waals surface area (Å²) in [5, 5.41) is 7.23. The molecule has 0 saturated carbocycles. The van der Waals surface area contributed by atoms with Crippen LogP contribution in [0.1, 0.15) is 37.3 Å². The van der Waals surface area contributed by atoms with E-state index in [2.05, 4.69) is 28.4 Å². The molecule has 5 nitrogen and oxygen atoms in total. The minimum absolute atomic E-state index is 0.100. The first kappa shape index (κ1) is 15.7. The minimum Gasteiger partial charge on any atom is -0.373 e. The van der Waals surface area contributed by atoms with E-state index in [0.717, 1.165) is 31.4 Å². The van der Waals surface area contributed by atoms with E-state index < -0.39 is 0 Å². The Bertz CT molecular complexity index is 554. The van der Waals surface area contributed by atoms with Crippen molar-refractivity contribution in [3.8, 4) is 11.5 Å². The molecule has 0 spiro atoms. The smallest absolute Gasteiger partial charge is 0.258 e. The van der Waals surface area contributed by atoms with Gasteiger partial charge in [-0.3, -0.25) is 0 Å². The number of likely N-dealkylation sites (N-methyl/N-ethyl adjacent to an activating group) is 1. The van der Waals surface area contributed by atoms with E-state index >= 15 is 0 Å². The third-order valence-electron chi connectivity index (χ3n) is 3.46. The summed E-state index contributed by atoms with van der Waals surface area (Å²) < 4.78 is 10.9. The quantitative estimate of drug-likeness (QED) is 0.809. The molecule has 0 aliphatic heterocycles. The zero-order valence-electron chi connectivity index (χ0n) is 12.9. The fourth-order valence-electron chi connectivity index (χ4n) is 2.30. The standard InChI is InChI=1S/C16H23N3O2/c1-4-7-14(20-3)15-18-16(21-19-15)13-9-6-5-8-12(13)10-11-17-2/h5-6,8-9,14,17H,4,7,10-11H2,1-3H3. The van der Waals surface area contributed by atoms with E-state index in [-0.39, 0.29) is 6.10 Å².